The maximum atomic E-state index is 11.4. The second-order valence-electron chi connectivity index (χ2n) is 2.78. The summed E-state index contributed by atoms with van der Waals surface area (Å²) < 4.78 is 0.322. The van der Waals surface area contributed by atoms with Gasteiger partial charge in [-0.15, -0.1) is 0 Å². The fourth-order valence-electron chi connectivity index (χ4n) is 1.17. The third-order valence-corrected chi connectivity index (χ3v) is 1.96. The summed E-state index contributed by atoms with van der Waals surface area (Å²) in [5, 5.41) is 0.584. The van der Waals surface area contributed by atoms with Gasteiger partial charge in [0.05, 0.1) is 17.1 Å². The van der Waals surface area contributed by atoms with Gasteiger partial charge >= 0.3 is 0 Å². The first-order valence-corrected chi connectivity index (χ1v) is 4.16. The SMILES string of the molecule is Cc1cc2c(=O)[nH]c(=S)[nH]c2cn1. The van der Waals surface area contributed by atoms with Crippen LogP contribution in [0.1, 0.15) is 5.69 Å². The van der Waals surface area contributed by atoms with Gasteiger partial charge in [0.1, 0.15) is 0 Å². The smallest absolute Gasteiger partial charge is 0.259 e. The normalized spacial score (nSPS) is 10.5. The summed E-state index contributed by atoms with van der Waals surface area (Å²) in [7, 11) is 0. The summed E-state index contributed by atoms with van der Waals surface area (Å²) in [6.07, 6.45) is 1.61. The molecule has 0 aliphatic heterocycles. The second-order valence-corrected chi connectivity index (χ2v) is 3.19. The second kappa shape index (κ2) is 2.77. The summed E-state index contributed by atoms with van der Waals surface area (Å²) >= 11 is 4.82. The first kappa shape index (κ1) is 8.12. The fourth-order valence-corrected chi connectivity index (χ4v) is 1.37. The van der Waals surface area contributed by atoms with Crippen molar-refractivity contribution in [3.8, 4) is 0 Å². The van der Waals surface area contributed by atoms with Crippen molar-refractivity contribution < 1.29 is 0 Å². The lowest BCUT2D eigenvalue weighted by atomic mass is 10.3. The molecule has 0 saturated heterocycles. The average molecular weight is 193 g/mol. The van der Waals surface area contributed by atoms with Crippen molar-refractivity contribution in [3.63, 3.8) is 0 Å². The molecule has 0 aromatic carbocycles. The zero-order valence-corrected chi connectivity index (χ0v) is 7.73. The minimum absolute atomic E-state index is 0.177. The highest BCUT2D eigenvalue weighted by atomic mass is 32.1. The van der Waals surface area contributed by atoms with Crippen molar-refractivity contribution in [1.29, 1.82) is 0 Å². The molecule has 2 rings (SSSR count). The molecule has 2 heterocycles. The first-order chi connectivity index (χ1) is 6.16. The van der Waals surface area contributed by atoms with E-state index in [1.165, 1.54) is 0 Å². The molecule has 0 saturated carbocycles. The number of rotatable bonds is 0. The highest BCUT2D eigenvalue weighted by Crippen LogP contribution is 2.04. The lowest BCUT2D eigenvalue weighted by Crippen LogP contribution is -2.08. The highest BCUT2D eigenvalue weighted by Gasteiger charge is 1.98. The molecular formula is C8H7N3OS. The molecule has 0 aliphatic carbocycles. The first-order valence-electron chi connectivity index (χ1n) is 3.76. The molecule has 0 radical (unpaired) electrons. The lowest BCUT2D eigenvalue weighted by Gasteiger charge is -1.96. The molecule has 0 bridgehead atoms. The number of fused-ring (bicyclic) bond motifs is 1. The van der Waals surface area contributed by atoms with Crippen molar-refractivity contribution in [2.75, 3.05) is 0 Å². The van der Waals surface area contributed by atoms with Gasteiger partial charge in [-0.1, -0.05) is 0 Å². The van der Waals surface area contributed by atoms with Crippen LogP contribution in [0.15, 0.2) is 17.1 Å². The van der Waals surface area contributed by atoms with Crippen molar-refractivity contribution >= 4 is 23.1 Å². The van der Waals surface area contributed by atoms with E-state index >= 15 is 0 Å². The third kappa shape index (κ3) is 1.38. The van der Waals surface area contributed by atoms with Crippen LogP contribution in [0.25, 0.3) is 10.9 Å². The van der Waals surface area contributed by atoms with Gasteiger partial charge in [-0.3, -0.25) is 14.8 Å². The molecule has 4 nitrogen and oxygen atoms in total. The Morgan fingerprint density at radius 3 is 3.00 bits per heavy atom. The topological polar surface area (TPSA) is 61.5 Å². The van der Waals surface area contributed by atoms with Gasteiger partial charge < -0.3 is 4.98 Å². The van der Waals surface area contributed by atoms with Crippen molar-refractivity contribution in [3.05, 3.63) is 33.1 Å². The number of pyridine rings is 1. The minimum atomic E-state index is -0.177. The van der Waals surface area contributed by atoms with E-state index in [0.29, 0.717) is 15.7 Å². The van der Waals surface area contributed by atoms with Gasteiger partial charge in [-0.05, 0) is 25.2 Å². The fraction of sp³-hybridized carbons (Fsp3) is 0.125. The van der Waals surface area contributed by atoms with E-state index in [4.69, 9.17) is 12.2 Å². The van der Waals surface area contributed by atoms with Crippen LogP contribution >= 0.6 is 12.2 Å². The monoisotopic (exact) mass is 193 g/mol. The van der Waals surface area contributed by atoms with Gasteiger partial charge in [0.15, 0.2) is 4.77 Å². The Balaban J connectivity index is 3.04. The predicted octanol–water partition coefficient (Wildman–Crippen LogP) is 1.29. The zero-order valence-electron chi connectivity index (χ0n) is 6.92. The number of aromatic amines is 2. The maximum absolute atomic E-state index is 11.4. The average Bonchev–Trinajstić information content (AvgIpc) is 2.06. The molecule has 2 N–H and O–H groups in total. The zero-order chi connectivity index (χ0) is 9.42. The molecule has 2 aromatic rings. The van der Waals surface area contributed by atoms with Gasteiger partial charge in [-0.25, -0.2) is 0 Å². The molecule has 2 aromatic heterocycles. The largest absolute Gasteiger partial charge is 0.330 e. The number of nitrogens with zero attached hydrogens (tertiary/aromatic N) is 1. The Labute approximate surface area is 78.7 Å². The molecule has 13 heavy (non-hydrogen) atoms. The van der Waals surface area contributed by atoms with Gasteiger partial charge in [0, 0.05) is 5.69 Å². The molecule has 0 atom stereocenters. The number of hydrogen-bond donors (Lipinski definition) is 2. The van der Waals surface area contributed by atoms with Crippen molar-refractivity contribution in [2.24, 2.45) is 0 Å². The molecular weight excluding hydrogens is 186 g/mol. The Morgan fingerprint density at radius 1 is 1.46 bits per heavy atom. The molecule has 0 amide bonds. The summed E-state index contributed by atoms with van der Waals surface area (Å²) in [6, 6.07) is 1.72. The van der Waals surface area contributed by atoms with E-state index in [0.717, 1.165) is 5.69 Å². The predicted molar refractivity (Wildman–Crippen MR) is 52.3 cm³/mol. The van der Waals surface area contributed by atoms with Crippen LogP contribution in [0.5, 0.6) is 0 Å². The number of nitrogens with one attached hydrogen (secondary N) is 2. The van der Waals surface area contributed by atoms with Crippen LogP contribution in [0.3, 0.4) is 0 Å². The Bertz CT molecular complexity index is 569. The molecule has 0 fully saturated rings. The molecule has 0 aliphatic rings. The van der Waals surface area contributed by atoms with Crippen LogP contribution in [0.4, 0.5) is 0 Å². The van der Waals surface area contributed by atoms with E-state index in [1.807, 2.05) is 6.92 Å². The Hall–Kier alpha value is -1.49. The third-order valence-electron chi connectivity index (χ3n) is 1.76. The molecule has 0 unspecified atom stereocenters. The highest BCUT2D eigenvalue weighted by molar-refractivity contribution is 7.71. The van der Waals surface area contributed by atoms with Crippen LogP contribution in [0, 0.1) is 11.7 Å². The van der Waals surface area contributed by atoms with Gasteiger partial charge in [-0.2, -0.15) is 0 Å². The van der Waals surface area contributed by atoms with E-state index < -0.39 is 0 Å². The van der Waals surface area contributed by atoms with E-state index in [2.05, 4.69) is 15.0 Å². The standard InChI is InChI=1S/C8H7N3OS/c1-4-2-5-6(3-9-4)10-8(13)11-7(5)12/h2-3H,1H3,(H2,10,11,12,13). The van der Waals surface area contributed by atoms with Gasteiger partial charge in [0.25, 0.3) is 5.56 Å². The number of aromatic nitrogens is 3. The maximum Gasteiger partial charge on any atom is 0.259 e. The summed E-state index contributed by atoms with van der Waals surface area (Å²) in [5.74, 6) is 0. The van der Waals surface area contributed by atoms with E-state index in [-0.39, 0.29) is 5.56 Å². The Kier molecular flexibility index (Phi) is 1.73. The Morgan fingerprint density at radius 2 is 2.23 bits per heavy atom. The summed E-state index contributed by atoms with van der Waals surface area (Å²) in [5.41, 5.74) is 1.30. The van der Waals surface area contributed by atoms with Gasteiger partial charge in [0.2, 0.25) is 0 Å². The van der Waals surface area contributed by atoms with Crippen LogP contribution < -0.4 is 5.56 Å². The molecule has 0 spiro atoms. The minimum Gasteiger partial charge on any atom is -0.330 e. The summed E-state index contributed by atoms with van der Waals surface area (Å²) in [6.45, 7) is 1.83. The summed E-state index contributed by atoms with van der Waals surface area (Å²) in [4.78, 5) is 20.8. The number of H-pyrrole nitrogens is 2. The quantitative estimate of drug-likeness (QED) is 0.620. The van der Waals surface area contributed by atoms with Crippen LogP contribution in [-0.4, -0.2) is 15.0 Å². The van der Waals surface area contributed by atoms with Crippen molar-refractivity contribution in [2.45, 2.75) is 6.92 Å². The van der Waals surface area contributed by atoms with Crippen LogP contribution in [-0.2, 0) is 0 Å². The number of hydrogen-bond acceptors (Lipinski definition) is 3. The van der Waals surface area contributed by atoms with E-state index in [9.17, 15) is 4.79 Å². The molecule has 5 heteroatoms. The van der Waals surface area contributed by atoms with Crippen LogP contribution in [0.2, 0.25) is 0 Å². The van der Waals surface area contributed by atoms with E-state index in [1.54, 1.807) is 12.3 Å². The molecule has 66 valence electrons. The van der Waals surface area contributed by atoms with Crippen molar-refractivity contribution in [1.82, 2.24) is 15.0 Å². The lowest BCUT2D eigenvalue weighted by molar-refractivity contribution is 1.12. The number of aryl methyl sites for hydroxylation is 1.